The van der Waals surface area contributed by atoms with E-state index in [4.69, 9.17) is 5.11 Å². The fourth-order valence-electron chi connectivity index (χ4n) is 1.90. The molecule has 0 fully saturated rings. The summed E-state index contributed by atoms with van der Waals surface area (Å²) in [6.45, 7) is 0.254. The van der Waals surface area contributed by atoms with Crippen LogP contribution in [0.3, 0.4) is 0 Å². The van der Waals surface area contributed by atoms with Gasteiger partial charge in [-0.1, -0.05) is 12.1 Å². The van der Waals surface area contributed by atoms with E-state index in [0.29, 0.717) is 18.4 Å². The Balaban J connectivity index is 2.42. The number of amides is 1. The van der Waals surface area contributed by atoms with Crippen LogP contribution in [0.5, 0.6) is 5.75 Å². The van der Waals surface area contributed by atoms with Gasteiger partial charge in [0.25, 0.3) is 0 Å². The number of benzene rings is 1. The van der Waals surface area contributed by atoms with Gasteiger partial charge in [0.15, 0.2) is 0 Å². The first-order valence-electron chi connectivity index (χ1n) is 6.98. The Kier molecular flexibility index (Phi) is 6.87. The smallest absolute Gasteiger partial charge is 0.481 e. The number of carbonyl (C=O) groups is 2. The van der Waals surface area contributed by atoms with E-state index in [-0.39, 0.29) is 31.0 Å². The number of rotatable bonds is 8. The highest BCUT2D eigenvalue weighted by molar-refractivity contribution is 5.75. The number of aliphatic carboxylic acids is 1. The SMILES string of the molecule is CN(Cc1ccc(OC(F)(F)F)cc1)C(=O)CCCCC(=O)O. The molecule has 0 atom stereocenters. The molecule has 23 heavy (non-hydrogen) atoms. The second kappa shape index (κ2) is 8.40. The molecule has 1 aromatic carbocycles. The van der Waals surface area contributed by atoms with Crippen molar-refractivity contribution >= 4 is 11.9 Å². The van der Waals surface area contributed by atoms with Crippen molar-refractivity contribution in [3.8, 4) is 5.75 Å². The van der Waals surface area contributed by atoms with Crippen LogP contribution in [0.25, 0.3) is 0 Å². The van der Waals surface area contributed by atoms with Crippen molar-refractivity contribution in [3.05, 3.63) is 29.8 Å². The molecule has 0 aliphatic rings. The van der Waals surface area contributed by atoms with Crippen LogP contribution in [0.2, 0.25) is 0 Å². The third-order valence-electron chi connectivity index (χ3n) is 3.03. The Bertz CT molecular complexity index is 529. The summed E-state index contributed by atoms with van der Waals surface area (Å²) in [5, 5.41) is 8.50. The lowest BCUT2D eigenvalue weighted by molar-refractivity contribution is -0.274. The van der Waals surface area contributed by atoms with Crippen LogP contribution in [0.4, 0.5) is 13.2 Å². The summed E-state index contributed by atoms with van der Waals surface area (Å²) in [6.07, 6.45) is -3.56. The topological polar surface area (TPSA) is 66.8 Å². The summed E-state index contributed by atoms with van der Waals surface area (Å²) in [7, 11) is 1.58. The Morgan fingerprint density at radius 2 is 1.70 bits per heavy atom. The lowest BCUT2D eigenvalue weighted by atomic mass is 10.1. The molecular formula is C15H18F3NO4. The Hall–Kier alpha value is -2.25. The standard InChI is InChI=1S/C15H18F3NO4/c1-19(13(20)4-2-3-5-14(21)22)10-11-6-8-12(9-7-11)23-15(16,17)18/h6-9H,2-5,10H2,1H3,(H,21,22). The summed E-state index contributed by atoms with van der Waals surface area (Å²) in [4.78, 5) is 23.7. The number of ether oxygens (including phenoxy) is 1. The molecule has 0 aliphatic carbocycles. The Morgan fingerprint density at radius 1 is 1.13 bits per heavy atom. The van der Waals surface area contributed by atoms with Gasteiger partial charge in [0.1, 0.15) is 5.75 Å². The minimum atomic E-state index is -4.73. The highest BCUT2D eigenvalue weighted by atomic mass is 19.4. The van der Waals surface area contributed by atoms with Gasteiger partial charge in [-0.25, -0.2) is 0 Å². The number of carboxylic acid groups (broad SMARTS) is 1. The summed E-state index contributed by atoms with van der Waals surface area (Å²) in [5.41, 5.74) is 0.668. The van der Waals surface area contributed by atoms with Gasteiger partial charge in [0.2, 0.25) is 5.91 Å². The number of halogens is 3. The first-order chi connectivity index (χ1) is 10.7. The summed E-state index contributed by atoms with van der Waals surface area (Å²) >= 11 is 0. The van der Waals surface area contributed by atoms with E-state index in [9.17, 15) is 22.8 Å². The van der Waals surface area contributed by atoms with E-state index in [2.05, 4.69) is 4.74 Å². The zero-order chi connectivity index (χ0) is 17.5. The summed E-state index contributed by atoms with van der Waals surface area (Å²) < 4.78 is 39.9. The zero-order valence-electron chi connectivity index (χ0n) is 12.6. The molecule has 5 nitrogen and oxygen atoms in total. The number of carbonyl (C=O) groups excluding carboxylic acids is 1. The number of carboxylic acids is 1. The van der Waals surface area contributed by atoms with Crippen molar-refractivity contribution < 1.29 is 32.6 Å². The minimum absolute atomic E-state index is 0.0255. The van der Waals surface area contributed by atoms with Crippen LogP contribution in [0.15, 0.2) is 24.3 Å². The van der Waals surface area contributed by atoms with Gasteiger partial charge in [-0.05, 0) is 30.5 Å². The first-order valence-corrected chi connectivity index (χ1v) is 6.98. The average Bonchev–Trinajstić information content (AvgIpc) is 2.43. The molecule has 0 aromatic heterocycles. The maximum absolute atomic E-state index is 12.0. The van der Waals surface area contributed by atoms with Crippen molar-refractivity contribution in [2.24, 2.45) is 0 Å². The van der Waals surface area contributed by atoms with E-state index in [1.165, 1.54) is 29.2 Å². The number of unbranched alkanes of at least 4 members (excludes halogenated alkanes) is 1. The van der Waals surface area contributed by atoms with Crippen molar-refractivity contribution in [3.63, 3.8) is 0 Å². The fraction of sp³-hybridized carbons (Fsp3) is 0.467. The number of nitrogens with zero attached hydrogens (tertiary/aromatic N) is 1. The van der Waals surface area contributed by atoms with Crippen LogP contribution in [0, 0.1) is 0 Å². The van der Waals surface area contributed by atoms with Gasteiger partial charge in [-0.3, -0.25) is 9.59 Å². The lowest BCUT2D eigenvalue weighted by Gasteiger charge is -2.17. The van der Waals surface area contributed by atoms with Gasteiger partial charge in [0.05, 0.1) is 0 Å². The number of hydrogen-bond acceptors (Lipinski definition) is 3. The minimum Gasteiger partial charge on any atom is -0.481 e. The van der Waals surface area contributed by atoms with Crippen molar-refractivity contribution in [1.82, 2.24) is 4.90 Å². The van der Waals surface area contributed by atoms with E-state index < -0.39 is 12.3 Å². The van der Waals surface area contributed by atoms with E-state index in [1.807, 2.05) is 0 Å². The van der Waals surface area contributed by atoms with Crippen LogP contribution >= 0.6 is 0 Å². The summed E-state index contributed by atoms with van der Waals surface area (Å²) in [6, 6.07) is 5.28. The fourth-order valence-corrected chi connectivity index (χ4v) is 1.90. The van der Waals surface area contributed by atoms with Crippen LogP contribution < -0.4 is 4.74 Å². The summed E-state index contributed by atoms with van der Waals surface area (Å²) in [5.74, 6) is -1.36. The highest BCUT2D eigenvalue weighted by Gasteiger charge is 2.30. The molecule has 0 saturated carbocycles. The molecule has 128 valence electrons. The Morgan fingerprint density at radius 3 is 2.22 bits per heavy atom. The zero-order valence-corrected chi connectivity index (χ0v) is 12.6. The molecule has 1 aromatic rings. The molecular weight excluding hydrogens is 315 g/mol. The van der Waals surface area contributed by atoms with E-state index >= 15 is 0 Å². The third-order valence-corrected chi connectivity index (χ3v) is 3.03. The molecule has 0 aliphatic heterocycles. The third kappa shape index (κ3) is 8.08. The molecule has 0 saturated heterocycles. The molecule has 0 heterocycles. The molecule has 0 radical (unpaired) electrons. The van der Waals surface area contributed by atoms with Gasteiger partial charge in [-0.15, -0.1) is 13.2 Å². The molecule has 0 bridgehead atoms. The molecule has 1 amide bonds. The Labute approximate surface area is 131 Å². The molecule has 0 unspecified atom stereocenters. The van der Waals surface area contributed by atoms with Crippen molar-refractivity contribution in [1.29, 1.82) is 0 Å². The van der Waals surface area contributed by atoms with Gasteiger partial charge in [-0.2, -0.15) is 0 Å². The average molecular weight is 333 g/mol. The molecule has 0 spiro atoms. The van der Waals surface area contributed by atoms with Crippen LogP contribution in [-0.4, -0.2) is 35.3 Å². The first kappa shape index (κ1) is 18.8. The molecule has 1 N–H and O–H groups in total. The number of alkyl halides is 3. The predicted molar refractivity (Wildman–Crippen MR) is 75.7 cm³/mol. The second-order valence-electron chi connectivity index (χ2n) is 5.04. The molecule has 8 heteroatoms. The second-order valence-corrected chi connectivity index (χ2v) is 5.04. The molecule has 1 rings (SSSR count). The van der Waals surface area contributed by atoms with Gasteiger partial charge in [0, 0.05) is 26.4 Å². The predicted octanol–water partition coefficient (Wildman–Crippen LogP) is 3.19. The van der Waals surface area contributed by atoms with Crippen molar-refractivity contribution in [2.75, 3.05) is 7.05 Å². The monoisotopic (exact) mass is 333 g/mol. The maximum atomic E-state index is 12.0. The van der Waals surface area contributed by atoms with Gasteiger partial charge >= 0.3 is 12.3 Å². The lowest BCUT2D eigenvalue weighted by Crippen LogP contribution is -2.25. The number of hydrogen-bond donors (Lipinski definition) is 1. The van der Waals surface area contributed by atoms with Crippen molar-refractivity contribution in [2.45, 2.75) is 38.6 Å². The quantitative estimate of drug-likeness (QED) is 0.742. The largest absolute Gasteiger partial charge is 0.573 e. The van der Waals surface area contributed by atoms with E-state index in [1.54, 1.807) is 7.05 Å². The normalized spacial score (nSPS) is 11.1. The van der Waals surface area contributed by atoms with E-state index in [0.717, 1.165) is 0 Å². The maximum Gasteiger partial charge on any atom is 0.573 e. The van der Waals surface area contributed by atoms with Crippen LogP contribution in [-0.2, 0) is 16.1 Å². The highest BCUT2D eigenvalue weighted by Crippen LogP contribution is 2.23. The van der Waals surface area contributed by atoms with Gasteiger partial charge < -0.3 is 14.7 Å². The van der Waals surface area contributed by atoms with Crippen LogP contribution in [0.1, 0.15) is 31.2 Å².